The predicted octanol–water partition coefficient (Wildman–Crippen LogP) is 3.28. The molecule has 2 rings (SSSR count). The van der Waals surface area contributed by atoms with Gasteiger partial charge in [-0.1, -0.05) is 25.8 Å². The van der Waals surface area contributed by atoms with Crippen molar-refractivity contribution in [1.82, 2.24) is 0 Å². The fourth-order valence-corrected chi connectivity index (χ4v) is 5.49. The number of Topliss-reactive ketones (excluding diaryl/α,β-unsaturated/α-hetero) is 1. The van der Waals surface area contributed by atoms with Gasteiger partial charge in [0.2, 0.25) is 0 Å². The van der Waals surface area contributed by atoms with Gasteiger partial charge in [0, 0.05) is 18.3 Å². The fourth-order valence-electron chi connectivity index (χ4n) is 5.49. The van der Waals surface area contributed by atoms with E-state index in [1.165, 1.54) is 14.2 Å². The highest BCUT2D eigenvalue weighted by atomic mass is 16.5. The SMILES string of the molecule is COC(=O)CC(C)C(=O)CC1C(C)=CC(=O)C2C(C)(C(=O)OC)CCCC12C. The van der Waals surface area contributed by atoms with Crippen LogP contribution in [0.25, 0.3) is 0 Å². The van der Waals surface area contributed by atoms with Gasteiger partial charge in [0.05, 0.1) is 26.1 Å². The van der Waals surface area contributed by atoms with E-state index in [1.807, 2.05) is 20.8 Å². The Morgan fingerprint density at radius 3 is 2.39 bits per heavy atom. The lowest BCUT2D eigenvalue weighted by molar-refractivity contribution is -0.170. The van der Waals surface area contributed by atoms with Crippen LogP contribution in [0.15, 0.2) is 11.6 Å². The molecule has 0 saturated heterocycles. The Morgan fingerprint density at radius 2 is 1.82 bits per heavy atom. The number of hydrogen-bond acceptors (Lipinski definition) is 6. The minimum absolute atomic E-state index is 0.0252. The molecule has 0 radical (unpaired) electrons. The predicted molar refractivity (Wildman–Crippen MR) is 103 cm³/mol. The third-order valence-electron chi connectivity index (χ3n) is 7.02. The zero-order valence-corrected chi connectivity index (χ0v) is 17.8. The Bertz CT molecular complexity index is 708. The molecular formula is C22H32O6. The van der Waals surface area contributed by atoms with Crippen molar-refractivity contribution >= 4 is 23.5 Å². The molecule has 5 atom stereocenters. The molecule has 2 aliphatic carbocycles. The second-order valence-corrected chi connectivity index (χ2v) is 8.90. The summed E-state index contributed by atoms with van der Waals surface area (Å²) in [6.07, 6.45) is 4.05. The van der Waals surface area contributed by atoms with E-state index >= 15 is 0 Å². The zero-order chi connectivity index (χ0) is 21.3. The molecule has 0 amide bonds. The Balaban J connectivity index is 2.36. The molecule has 1 saturated carbocycles. The summed E-state index contributed by atoms with van der Waals surface area (Å²) in [5.41, 5.74) is -0.524. The molecule has 28 heavy (non-hydrogen) atoms. The summed E-state index contributed by atoms with van der Waals surface area (Å²) in [7, 11) is 2.66. The highest BCUT2D eigenvalue weighted by molar-refractivity contribution is 5.99. The topological polar surface area (TPSA) is 86.7 Å². The first-order chi connectivity index (χ1) is 13.0. The van der Waals surface area contributed by atoms with Gasteiger partial charge in [-0.3, -0.25) is 19.2 Å². The number of methoxy groups -OCH3 is 2. The summed E-state index contributed by atoms with van der Waals surface area (Å²) < 4.78 is 9.71. The van der Waals surface area contributed by atoms with Crippen LogP contribution in [0.1, 0.15) is 59.8 Å². The smallest absolute Gasteiger partial charge is 0.312 e. The quantitative estimate of drug-likeness (QED) is 0.645. The lowest BCUT2D eigenvalue weighted by atomic mass is 9.47. The minimum atomic E-state index is -0.894. The monoisotopic (exact) mass is 392 g/mol. The molecule has 0 aliphatic heterocycles. The van der Waals surface area contributed by atoms with Crippen molar-refractivity contribution in [2.24, 2.45) is 28.6 Å². The maximum absolute atomic E-state index is 13.0. The van der Waals surface area contributed by atoms with Crippen LogP contribution in [0.2, 0.25) is 0 Å². The van der Waals surface area contributed by atoms with Gasteiger partial charge in [-0.25, -0.2) is 0 Å². The maximum Gasteiger partial charge on any atom is 0.312 e. The van der Waals surface area contributed by atoms with Crippen molar-refractivity contribution < 1.29 is 28.7 Å². The summed E-state index contributed by atoms with van der Waals surface area (Å²) in [4.78, 5) is 50.0. The Kier molecular flexibility index (Phi) is 6.51. The summed E-state index contributed by atoms with van der Waals surface area (Å²) >= 11 is 0. The number of ether oxygens (including phenoxy) is 2. The van der Waals surface area contributed by atoms with Gasteiger partial charge in [-0.2, -0.15) is 0 Å². The zero-order valence-electron chi connectivity index (χ0n) is 17.8. The Morgan fingerprint density at radius 1 is 1.18 bits per heavy atom. The number of carbonyl (C=O) groups is 4. The largest absolute Gasteiger partial charge is 0.469 e. The molecule has 0 heterocycles. The van der Waals surface area contributed by atoms with E-state index in [0.29, 0.717) is 6.42 Å². The normalized spacial score (nSPS) is 33.4. The average molecular weight is 392 g/mol. The van der Waals surface area contributed by atoms with Gasteiger partial charge < -0.3 is 9.47 Å². The van der Waals surface area contributed by atoms with Crippen LogP contribution in [-0.2, 0) is 28.7 Å². The third-order valence-corrected chi connectivity index (χ3v) is 7.02. The molecule has 0 N–H and O–H groups in total. The van der Waals surface area contributed by atoms with E-state index in [-0.39, 0.29) is 36.3 Å². The molecule has 1 fully saturated rings. The van der Waals surface area contributed by atoms with E-state index in [1.54, 1.807) is 13.0 Å². The number of esters is 2. The van der Waals surface area contributed by atoms with Gasteiger partial charge in [-0.15, -0.1) is 0 Å². The highest BCUT2D eigenvalue weighted by Crippen LogP contribution is 2.59. The number of carbonyl (C=O) groups excluding carboxylic acids is 4. The summed E-state index contributed by atoms with van der Waals surface area (Å²) in [6, 6.07) is 0. The van der Waals surface area contributed by atoms with Crippen LogP contribution < -0.4 is 0 Å². The third kappa shape index (κ3) is 3.78. The molecule has 0 spiro atoms. The first-order valence-electron chi connectivity index (χ1n) is 9.91. The molecule has 5 unspecified atom stereocenters. The van der Waals surface area contributed by atoms with Crippen LogP contribution in [-0.4, -0.2) is 37.7 Å². The lowest BCUT2D eigenvalue weighted by Crippen LogP contribution is -2.56. The summed E-state index contributed by atoms with van der Waals surface area (Å²) in [5.74, 6) is -1.97. The lowest BCUT2D eigenvalue weighted by Gasteiger charge is -2.55. The molecule has 156 valence electrons. The summed E-state index contributed by atoms with van der Waals surface area (Å²) in [5, 5.41) is 0. The number of allylic oxidation sites excluding steroid dienone is 2. The van der Waals surface area contributed by atoms with E-state index < -0.39 is 28.6 Å². The average Bonchev–Trinajstić information content (AvgIpc) is 2.63. The molecule has 6 heteroatoms. The van der Waals surface area contributed by atoms with Gasteiger partial charge in [0.25, 0.3) is 0 Å². The van der Waals surface area contributed by atoms with Crippen LogP contribution in [0.4, 0.5) is 0 Å². The number of rotatable bonds is 6. The van der Waals surface area contributed by atoms with E-state index in [0.717, 1.165) is 18.4 Å². The summed E-state index contributed by atoms with van der Waals surface area (Å²) in [6.45, 7) is 7.44. The number of fused-ring (bicyclic) bond motifs is 1. The Hall–Kier alpha value is -1.98. The van der Waals surface area contributed by atoms with Crippen molar-refractivity contribution in [2.75, 3.05) is 14.2 Å². The number of ketones is 2. The second kappa shape index (κ2) is 8.18. The second-order valence-electron chi connectivity index (χ2n) is 8.90. The van der Waals surface area contributed by atoms with Gasteiger partial charge in [-0.05, 0) is 44.1 Å². The molecule has 0 aromatic heterocycles. The van der Waals surface area contributed by atoms with Crippen molar-refractivity contribution in [3.63, 3.8) is 0 Å². The number of hydrogen-bond donors (Lipinski definition) is 0. The van der Waals surface area contributed by atoms with Crippen molar-refractivity contribution in [1.29, 1.82) is 0 Å². The molecule has 0 aromatic carbocycles. The Labute approximate surface area is 167 Å². The molecular weight excluding hydrogens is 360 g/mol. The van der Waals surface area contributed by atoms with Crippen molar-refractivity contribution in [3.8, 4) is 0 Å². The first-order valence-corrected chi connectivity index (χ1v) is 9.91. The van der Waals surface area contributed by atoms with Crippen LogP contribution in [0.5, 0.6) is 0 Å². The molecule has 0 aromatic rings. The first kappa shape index (κ1) is 22.3. The van der Waals surface area contributed by atoms with Crippen molar-refractivity contribution in [3.05, 3.63) is 11.6 Å². The molecule has 6 nitrogen and oxygen atoms in total. The van der Waals surface area contributed by atoms with E-state index in [9.17, 15) is 19.2 Å². The van der Waals surface area contributed by atoms with Gasteiger partial charge >= 0.3 is 11.9 Å². The maximum atomic E-state index is 13.0. The van der Waals surface area contributed by atoms with Gasteiger partial charge in [0.15, 0.2) is 5.78 Å². The van der Waals surface area contributed by atoms with E-state index in [4.69, 9.17) is 4.74 Å². The fraction of sp³-hybridized carbons (Fsp3) is 0.727. The van der Waals surface area contributed by atoms with Crippen LogP contribution in [0.3, 0.4) is 0 Å². The van der Waals surface area contributed by atoms with Crippen LogP contribution >= 0.6 is 0 Å². The molecule has 0 bridgehead atoms. The minimum Gasteiger partial charge on any atom is -0.469 e. The standard InChI is InChI=1S/C22H32O6/c1-13-10-17(24)19-21(3,8-7-9-22(19,4)20(26)28-6)15(13)12-16(23)14(2)11-18(25)27-5/h10,14-15,19H,7-9,11-12H2,1-6H3. The van der Waals surface area contributed by atoms with Gasteiger partial charge in [0.1, 0.15) is 5.78 Å². The molecule has 2 aliphatic rings. The van der Waals surface area contributed by atoms with Crippen molar-refractivity contribution in [2.45, 2.75) is 59.8 Å². The highest BCUT2D eigenvalue weighted by Gasteiger charge is 2.60. The van der Waals surface area contributed by atoms with Crippen LogP contribution in [0, 0.1) is 28.6 Å². The van der Waals surface area contributed by atoms with E-state index in [2.05, 4.69) is 4.74 Å².